The number of aromatic nitrogens is 2. The molecule has 0 bridgehead atoms. The van der Waals surface area contributed by atoms with Gasteiger partial charge in [-0.05, 0) is 31.5 Å². The lowest BCUT2D eigenvalue weighted by molar-refractivity contribution is 0.0701. The summed E-state index contributed by atoms with van der Waals surface area (Å²) in [5, 5.41) is 11.1. The van der Waals surface area contributed by atoms with Crippen LogP contribution in [0.3, 0.4) is 0 Å². The highest BCUT2D eigenvalue weighted by Crippen LogP contribution is 2.40. The van der Waals surface area contributed by atoms with Crippen LogP contribution in [-0.2, 0) is 0 Å². The molecular weight excluding hydrogens is 332 g/mol. The fourth-order valence-electron chi connectivity index (χ4n) is 3.08. The van der Waals surface area contributed by atoms with Crippen molar-refractivity contribution in [2.24, 2.45) is 0 Å². The minimum Gasteiger partial charge on any atom is -0.477 e. The Balaban J connectivity index is 2.03. The first-order valence-electron chi connectivity index (χ1n) is 7.93. The van der Waals surface area contributed by atoms with Gasteiger partial charge in [0.1, 0.15) is 9.88 Å². The molecule has 0 spiro atoms. The normalized spacial score (nSPS) is 11.1. The number of hydrogen-bond donors (Lipinski definition) is 2. The number of aromatic amines is 1. The van der Waals surface area contributed by atoms with Gasteiger partial charge in [0.25, 0.3) is 0 Å². The van der Waals surface area contributed by atoms with Gasteiger partial charge < -0.3 is 10.1 Å². The summed E-state index contributed by atoms with van der Waals surface area (Å²) in [7, 11) is 0. The van der Waals surface area contributed by atoms with Crippen LogP contribution < -0.4 is 0 Å². The minimum atomic E-state index is -0.932. The summed E-state index contributed by atoms with van der Waals surface area (Å²) in [6.07, 6.45) is 0. The number of rotatable bonds is 3. The first kappa shape index (κ1) is 15.6. The van der Waals surface area contributed by atoms with Gasteiger partial charge in [0.15, 0.2) is 0 Å². The zero-order chi connectivity index (χ0) is 17.6. The predicted octanol–water partition coefficient (Wildman–Crippen LogP) is 5.27. The number of nitrogens with one attached hydrogen (secondary N) is 1. The molecule has 0 aliphatic rings. The lowest BCUT2D eigenvalue weighted by Crippen LogP contribution is -1.94. The number of nitrogens with zero attached hydrogens (tertiary/aromatic N) is 1. The molecule has 4 nitrogen and oxygen atoms in total. The highest BCUT2D eigenvalue weighted by atomic mass is 32.1. The molecule has 2 aromatic heterocycles. The van der Waals surface area contributed by atoms with Gasteiger partial charge in [0, 0.05) is 16.5 Å². The van der Waals surface area contributed by atoms with Crippen molar-refractivity contribution in [3.05, 3.63) is 64.7 Å². The molecule has 0 amide bonds. The molecule has 4 rings (SSSR count). The van der Waals surface area contributed by atoms with Crippen LogP contribution in [0.4, 0.5) is 0 Å². The van der Waals surface area contributed by atoms with Gasteiger partial charge in [-0.25, -0.2) is 9.78 Å². The highest BCUT2D eigenvalue weighted by Gasteiger charge is 2.21. The zero-order valence-electron chi connectivity index (χ0n) is 13.8. The van der Waals surface area contributed by atoms with Gasteiger partial charge in [-0.3, -0.25) is 0 Å². The summed E-state index contributed by atoms with van der Waals surface area (Å²) in [6.45, 7) is 3.80. The molecule has 0 saturated heterocycles. The van der Waals surface area contributed by atoms with E-state index in [1.807, 2.05) is 30.3 Å². The Morgan fingerprint density at radius 1 is 1.12 bits per heavy atom. The fourth-order valence-corrected chi connectivity index (χ4v) is 4.05. The number of benzene rings is 2. The van der Waals surface area contributed by atoms with Crippen molar-refractivity contribution in [3.63, 3.8) is 0 Å². The minimum absolute atomic E-state index is 0.287. The second-order valence-corrected chi connectivity index (χ2v) is 7.03. The smallest absolute Gasteiger partial charge is 0.347 e. The average Bonchev–Trinajstić information content (AvgIpc) is 3.15. The molecule has 5 heteroatoms. The van der Waals surface area contributed by atoms with Gasteiger partial charge in [-0.1, -0.05) is 42.0 Å². The van der Waals surface area contributed by atoms with Crippen molar-refractivity contribution < 1.29 is 9.90 Å². The highest BCUT2D eigenvalue weighted by molar-refractivity contribution is 7.17. The number of carboxylic acid groups (broad SMARTS) is 1. The van der Waals surface area contributed by atoms with E-state index in [-0.39, 0.29) is 4.88 Å². The fraction of sp³-hybridized carbons (Fsp3) is 0.100. The monoisotopic (exact) mass is 348 g/mol. The maximum Gasteiger partial charge on any atom is 0.347 e. The Hall–Kier alpha value is -2.92. The van der Waals surface area contributed by atoms with Gasteiger partial charge in [0.2, 0.25) is 0 Å². The number of para-hydroxylation sites is 1. The Kier molecular flexibility index (Phi) is 3.66. The number of fused-ring (bicyclic) bond motifs is 1. The summed E-state index contributed by atoms with van der Waals surface area (Å²) in [5.74, 6) is -0.932. The first-order valence-corrected chi connectivity index (χ1v) is 8.75. The molecule has 0 atom stereocenters. The van der Waals surface area contributed by atoms with Crippen molar-refractivity contribution in [1.29, 1.82) is 0 Å². The number of aromatic carboxylic acids is 1. The van der Waals surface area contributed by atoms with E-state index in [1.165, 1.54) is 16.9 Å². The van der Waals surface area contributed by atoms with Crippen LogP contribution in [0.5, 0.6) is 0 Å². The van der Waals surface area contributed by atoms with E-state index >= 15 is 0 Å². The van der Waals surface area contributed by atoms with E-state index in [9.17, 15) is 9.90 Å². The average molecular weight is 348 g/mol. The van der Waals surface area contributed by atoms with Crippen molar-refractivity contribution in [2.75, 3.05) is 0 Å². The van der Waals surface area contributed by atoms with E-state index in [1.54, 1.807) is 6.92 Å². The predicted molar refractivity (Wildman–Crippen MR) is 101 cm³/mol. The summed E-state index contributed by atoms with van der Waals surface area (Å²) in [5.41, 5.74) is 5.73. The molecule has 0 fully saturated rings. The summed E-state index contributed by atoms with van der Waals surface area (Å²) in [4.78, 5) is 19.8. The Labute approximate surface area is 148 Å². The van der Waals surface area contributed by atoms with Crippen LogP contribution in [0, 0.1) is 13.8 Å². The van der Waals surface area contributed by atoms with Crippen molar-refractivity contribution in [2.45, 2.75) is 13.8 Å². The molecule has 2 aromatic carbocycles. The molecule has 4 aromatic rings. The van der Waals surface area contributed by atoms with Crippen molar-refractivity contribution in [3.8, 4) is 21.8 Å². The topological polar surface area (TPSA) is 66.0 Å². The van der Waals surface area contributed by atoms with Gasteiger partial charge in [0.05, 0.1) is 11.4 Å². The summed E-state index contributed by atoms with van der Waals surface area (Å²) < 4.78 is 0. The molecule has 0 aliphatic carbocycles. The maximum absolute atomic E-state index is 11.4. The molecule has 0 radical (unpaired) electrons. The summed E-state index contributed by atoms with van der Waals surface area (Å²) >= 11 is 1.22. The summed E-state index contributed by atoms with van der Waals surface area (Å²) in [6, 6.07) is 16.3. The van der Waals surface area contributed by atoms with Gasteiger partial charge in [-0.15, -0.1) is 11.3 Å². The Morgan fingerprint density at radius 3 is 2.64 bits per heavy atom. The van der Waals surface area contributed by atoms with Crippen LogP contribution >= 0.6 is 11.3 Å². The third-order valence-electron chi connectivity index (χ3n) is 4.22. The van der Waals surface area contributed by atoms with Crippen LogP contribution in [-0.4, -0.2) is 21.0 Å². The number of carbonyl (C=O) groups is 1. The van der Waals surface area contributed by atoms with Crippen LogP contribution in [0.1, 0.15) is 20.9 Å². The van der Waals surface area contributed by atoms with E-state index in [4.69, 9.17) is 0 Å². The maximum atomic E-state index is 11.4. The molecule has 25 heavy (non-hydrogen) atoms. The van der Waals surface area contributed by atoms with E-state index in [0.717, 1.165) is 32.7 Å². The van der Waals surface area contributed by atoms with E-state index in [0.29, 0.717) is 5.69 Å². The SMILES string of the molecule is Cc1cccc(-c2[nH]c3ccccc3c2-c2nc(C)c(C(=O)O)s2)c1. The largest absolute Gasteiger partial charge is 0.477 e. The Morgan fingerprint density at radius 2 is 1.92 bits per heavy atom. The van der Waals surface area contributed by atoms with Crippen molar-refractivity contribution >= 4 is 28.2 Å². The zero-order valence-corrected chi connectivity index (χ0v) is 14.6. The number of thiazole rings is 1. The lowest BCUT2D eigenvalue weighted by Gasteiger charge is -2.04. The van der Waals surface area contributed by atoms with E-state index < -0.39 is 5.97 Å². The molecule has 0 unspecified atom stereocenters. The Bertz CT molecular complexity index is 1110. The number of aryl methyl sites for hydroxylation is 2. The van der Waals surface area contributed by atoms with Crippen LogP contribution in [0.2, 0.25) is 0 Å². The molecule has 0 saturated carbocycles. The number of H-pyrrole nitrogens is 1. The molecule has 124 valence electrons. The molecular formula is C20H16N2O2S. The second-order valence-electron chi connectivity index (χ2n) is 6.03. The second kappa shape index (κ2) is 5.86. The van der Waals surface area contributed by atoms with Crippen LogP contribution in [0.25, 0.3) is 32.7 Å². The van der Waals surface area contributed by atoms with Gasteiger partial charge >= 0.3 is 5.97 Å². The molecule has 2 heterocycles. The molecule has 0 aliphatic heterocycles. The van der Waals surface area contributed by atoms with E-state index in [2.05, 4.69) is 35.1 Å². The third-order valence-corrected chi connectivity index (χ3v) is 5.38. The molecule has 2 N–H and O–H groups in total. The number of hydrogen-bond acceptors (Lipinski definition) is 3. The third kappa shape index (κ3) is 2.62. The quantitative estimate of drug-likeness (QED) is 0.530. The van der Waals surface area contributed by atoms with Crippen molar-refractivity contribution in [1.82, 2.24) is 9.97 Å². The number of carboxylic acids is 1. The van der Waals surface area contributed by atoms with Gasteiger partial charge in [-0.2, -0.15) is 0 Å². The standard InChI is InChI=1S/C20H16N2O2S/c1-11-6-5-7-13(10-11)17-16(14-8-3-4-9-15(14)22-17)19-21-12(2)18(25-19)20(23)24/h3-10,22H,1-2H3,(H,23,24). The first-order chi connectivity index (χ1) is 12.0. The lowest BCUT2D eigenvalue weighted by atomic mass is 10.0. The van der Waals surface area contributed by atoms with Crippen LogP contribution in [0.15, 0.2) is 48.5 Å².